The molecule has 0 aliphatic carbocycles. The van der Waals surface area contributed by atoms with Crippen LogP contribution in [0.1, 0.15) is 36.5 Å². The Kier molecular flexibility index (Phi) is 9.37. The van der Waals surface area contributed by atoms with E-state index in [1.165, 1.54) is 16.5 Å². The van der Waals surface area contributed by atoms with Crippen LogP contribution in [0.4, 0.5) is 0 Å². The number of hydrogen-bond donors (Lipinski definition) is 3. The SMILES string of the molecule is Cc1ccc(CCN2CC(CCCN=C(N)N)N(C(=O)[C@@H](N)Cc3ccc4ccccc4c3)C[C@H]2C)cc1. The fourth-order valence-electron chi connectivity index (χ4n) is 5.41. The second-order valence-electron chi connectivity index (χ2n) is 10.7. The highest BCUT2D eigenvalue weighted by molar-refractivity contribution is 5.84. The third-order valence-corrected chi connectivity index (χ3v) is 7.64. The number of fused-ring (bicyclic) bond motifs is 1. The van der Waals surface area contributed by atoms with Crippen molar-refractivity contribution in [3.05, 3.63) is 83.4 Å². The summed E-state index contributed by atoms with van der Waals surface area (Å²) >= 11 is 0. The van der Waals surface area contributed by atoms with Gasteiger partial charge in [0.15, 0.2) is 5.96 Å². The highest BCUT2D eigenvalue weighted by Crippen LogP contribution is 2.22. The van der Waals surface area contributed by atoms with Gasteiger partial charge in [0, 0.05) is 38.3 Å². The van der Waals surface area contributed by atoms with Crippen LogP contribution in [0.15, 0.2) is 71.7 Å². The van der Waals surface area contributed by atoms with Gasteiger partial charge in [-0.15, -0.1) is 0 Å². The first-order chi connectivity index (χ1) is 18.3. The number of guanidine groups is 1. The molecule has 202 valence electrons. The average Bonchev–Trinajstić information content (AvgIpc) is 2.91. The first kappa shape index (κ1) is 27.6. The predicted molar refractivity (Wildman–Crippen MR) is 157 cm³/mol. The topological polar surface area (TPSA) is 114 Å². The van der Waals surface area contributed by atoms with Crippen molar-refractivity contribution in [1.82, 2.24) is 9.80 Å². The summed E-state index contributed by atoms with van der Waals surface area (Å²) in [5, 5.41) is 2.35. The zero-order chi connectivity index (χ0) is 27.1. The van der Waals surface area contributed by atoms with Gasteiger partial charge in [0.25, 0.3) is 0 Å². The summed E-state index contributed by atoms with van der Waals surface area (Å²) in [6.07, 6.45) is 3.15. The maximum absolute atomic E-state index is 13.7. The van der Waals surface area contributed by atoms with E-state index in [4.69, 9.17) is 17.2 Å². The Hall–Kier alpha value is -3.42. The van der Waals surface area contributed by atoms with Crippen molar-refractivity contribution in [3.63, 3.8) is 0 Å². The quantitative estimate of drug-likeness (QED) is 0.218. The second kappa shape index (κ2) is 12.9. The minimum atomic E-state index is -0.581. The molecule has 3 aromatic rings. The van der Waals surface area contributed by atoms with Crippen LogP contribution in [0.3, 0.4) is 0 Å². The maximum Gasteiger partial charge on any atom is 0.240 e. The minimum absolute atomic E-state index is 0.0232. The van der Waals surface area contributed by atoms with Crippen LogP contribution in [0.5, 0.6) is 0 Å². The largest absolute Gasteiger partial charge is 0.370 e. The molecule has 1 aliphatic rings. The highest BCUT2D eigenvalue weighted by Gasteiger charge is 2.35. The molecule has 4 rings (SSSR count). The van der Waals surface area contributed by atoms with Crippen molar-refractivity contribution < 1.29 is 4.79 Å². The van der Waals surface area contributed by atoms with Crippen LogP contribution in [-0.4, -0.2) is 66.0 Å². The number of aryl methyl sites for hydroxylation is 1. The number of aliphatic imine (C=N–C) groups is 1. The zero-order valence-electron chi connectivity index (χ0n) is 22.7. The van der Waals surface area contributed by atoms with Gasteiger partial charge in [-0.3, -0.25) is 14.7 Å². The van der Waals surface area contributed by atoms with Gasteiger partial charge in [-0.2, -0.15) is 0 Å². The highest BCUT2D eigenvalue weighted by atomic mass is 16.2. The van der Waals surface area contributed by atoms with Crippen LogP contribution in [0, 0.1) is 6.92 Å². The molecule has 38 heavy (non-hydrogen) atoms. The molecule has 7 heteroatoms. The van der Waals surface area contributed by atoms with E-state index in [0.29, 0.717) is 19.5 Å². The number of benzene rings is 3. The molecular weight excluding hydrogens is 472 g/mol. The van der Waals surface area contributed by atoms with E-state index in [0.717, 1.165) is 43.3 Å². The summed E-state index contributed by atoms with van der Waals surface area (Å²) in [4.78, 5) is 22.4. The van der Waals surface area contributed by atoms with Crippen LogP contribution < -0.4 is 17.2 Å². The minimum Gasteiger partial charge on any atom is -0.370 e. The molecule has 6 N–H and O–H groups in total. The molecule has 0 bridgehead atoms. The molecule has 1 heterocycles. The Morgan fingerprint density at radius 3 is 2.45 bits per heavy atom. The van der Waals surface area contributed by atoms with E-state index in [1.807, 2.05) is 17.0 Å². The molecule has 1 aliphatic heterocycles. The summed E-state index contributed by atoms with van der Waals surface area (Å²) in [6, 6.07) is 23.1. The van der Waals surface area contributed by atoms with E-state index >= 15 is 0 Å². The molecule has 0 spiro atoms. The molecule has 0 radical (unpaired) electrons. The van der Waals surface area contributed by atoms with Crippen LogP contribution in [0.25, 0.3) is 10.8 Å². The number of nitrogens with zero attached hydrogens (tertiary/aromatic N) is 3. The lowest BCUT2D eigenvalue weighted by Gasteiger charge is -2.46. The van der Waals surface area contributed by atoms with Gasteiger partial charge in [-0.25, -0.2) is 0 Å². The molecule has 1 saturated heterocycles. The fourth-order valence-corrected chi connectivity index (χ4v) is 5.41. The maximum atomic E-state index is 13.7. The van der Waals surface area contributed by atoms with E-state index < -0.39 is 6.04 Å². The Morgan fingerprint density at radius 1 is 1.00 bits per heavy atom. The molecule has 3 atom stereocenters. The molecule has 7 nitrogen and oxygen atoms in total. The summed E-state index contributed by atoms with van der Waals surface area (Å²) in [7, 11) is 0. The Balaban J connectivity index is 1.43. The molecule has 1 unspecified atom stereocenters. The number of nitrogens with two attached hydrogens (primary N) is 3. The van der Waals surface area contributed by atoms with Crippen molar-refractivity contribution in [1.29, 1.82) is 0 Å². The van der Waals surface area contributed by atoms with Crippen molar-refractivity contribution in [2.45, 2.75) is 57.7 Å². The normalized spacial score (nSPS) is 18.9. The van der Waals surface area contributed by atoms with Crippen LogP contribution in [0.2, 0.25) is 0 Å². The van der Waals surface area contributed by atoms with E-state index in [-0.39, 0.29) is 24.0 Å². The van der Waals surface area contributed by atoms with Gasteiger partial charge in [-0.1, -0.05) is 72.3 Å². The van der Waals surface area contributed by atoms with Crippen LogP contribution in [-0.2, 0) is 17.6 Å². The molecule has 3 aromatic carbocycles. The number of rotatable bonds is 10. The second-order valence-corrected chi connectivity index (χ2v) is 10.7. The first-order valence-corrected chi connectivity index (χ1v) is 13.7. The molecule has 1 amide bonds. The van der Waals surface area contributed by atoms with Crippen molar-refractivity contribution in [2.75, 3.05) is 26.2 Å². The Bertz CT molecular complexity index is 1240. The average molecular weight is 515 g/mol. The van der Waals surface area contributed by atoms with E-state index in [1.54, 1.807) is 0 Å². The Labute approximate surface area is 226 Å². The van der Waals surface area contributed by atoms with Gasteiger partial charge in [-0.05, 0) is 61.4 Å². The summed E-state index contributed by atoms with van der Waals surface area (Å²) in [5.74, 6) is 0.127. The summed E-state index contributed by atoms with van der Waals surface area (Å²) in [6.45, 7) is 7.33. The van der Waals surface area contributed by atoms with E-state index in [9.17, 15) is 4.79 Å². The standard InChI is InChI=1S/C31H42N6O/c1-22-9-11-24(12-10-22)15-17-36-21-28(8-5-16-35-31(33)34)37(20-23(36)2)30(38)29(32)19-25-13-14-26-6-3-4-7-27(26)18-25/h3-4,6-7,9-14,18,23,28-29H,5,8,15-17,19-21,32H2,1-2H3,(H4,33,34,35)/t23-,28?,29+/m1/s1. The number of carbonyl (C=O) groups excluding carboxylic acids is 1. The lowest BCUT2D eigenvalue weighted by Crippen LogP contribution is -2.62. The summed E-state index contributed by atoms with van der Waals surface area (Å²) in [5.41, 5.74) is 21.3. The van der Waals surface area contributed by atoms with Crippen LogP contribution >= 0.6 is 0 Å². The van der Waals surface area contributed by atoms with Gasteiger partial charge < -0.3 is 22.1 Å². The predicted octanol–water partition coefficient (Wildman–Crippen LogP) is 3.22. The van der Waals surface area contributed by atoms with Crippen molar-refractivity contribution in [2.24, 2.45) is 22.2 Å². The number of amides is 1. The lowest BCUT2D eigenvalue weighted by molar-refractivity contribution is -0.139. The van der Waals surface area contributed by atoms with Gasteiger partial charge in [0.05, 0.1) is 6.04 Å². The smallest absolute Gasteiger partial charge is 0.240 e. The molecule has 0 aromatic heterocycles. The number of hydrogen-bond acceptors (Lipinski definition) is 4. The first-order valence-electron chi connectivity index (χ1n) is 13.7. The molecular formula is C31H42N6O. The van der Waals surface area contributed by atoms with E-state index in [2.05, 4.69) is 78.3 Å². The lowest BCUT2D eigenvalue weighted by atomic mass is 9.98. The monoisotopic (exact) mass is 514 g/mol. The number of carbonyl (C=O) groups is 1. The van der Waals surface area contributed by atoms with Gasteiger partial charge in [0.1, 0.15) is 0 Å². The van der Waals surface area contributed by atoms with Crippen molar-refractivity contribution in [3.8, 4) is 0 Å². The van der Waals surface area contributed by atoms with Crippen molar-refractivity contribution >= 4 is 22.6 Å². The fraction of sp³-hybridized carbons (Fsp3) is 0.419. The van der Waals surface area contributed by atoms with Gasteiger partial charge in [0.2, 0.25) is 5.91 Å². The number of piperazine rings is 1. The summed E-state index contributed by atoms with van der Waals surface area (Å²) < 4.78 is 0. The van der Waals surface area contributed by atoms with Gasteiger partial charge >= 0.3 is 0 Å². The Morgan fingerprint density at radius 2 is 1.71 bits per heavy atom. The molecule has 1 fully saturated rings. The zero-order valence-corrected chi connectivity index (χ0v) is 22.7. The molecule has 0 saturated carbocycles. The third-order valence-electron chi connectivity index (χ3n) is 7.64. The third kappa shape index (κ3) is 7.33.